The summed E-state index contributed by atoms with van der Waals surface area (Å²) < 4.78 is 1.99. The largest absolute Gasteiger partial charge is 0.299 e. The van der Waals surface area contributed by atoms with Crippen LogP contribution in [0, 0.1) is 5.92 Å². The van der Waals surface area contributed by atoms with E-state index in [1.807, 2.05) is 30.1 Å². The van der Waals surface area contributed by atoms with Crippen LogP contribution >= 0.6 is 11.3 Å². The normalized spacial score (nSPS) is 18.0. The van der Waals surface area contributed by atoms with Crippen LogP contribution in [-0.2, 0) is 11.3 Å². The molecule has 2 aromatic heterocycles. The fourth-order valence-corrected chi connectivity index (χ4v) is 3.43. The number of amides is 1. The van der Waals surface area contributed by atoms with E-state index in [0.29, 0.717) is 11.0 Å². The molecule has 1 aliphatic rings. The topological polar surface area (TPSA) is 75.9 Å². The van der Waals surface area contributed by atoms with Crippen molar-refractivity contribution in [2.24, 2.45) is 5.92 Å². The Morgan fingerprint density at radius 2 is 2.30 bits per heavy atom. The summed E-state index contributed by atoms with van der Waals surface area (Å²) in [6.45, 7) is 4.87. The van der Waals surface area contributed by atoms with Crippen molar-refractivity contribution in [1.82, 2.24) is 24.9 Å². The summed E-state index contributed by atoms with van der Waals surface area (Å²) in [5.41, 5.74) is 1.62. The van der Waals surface area contributed by atoms with E-state index < -0.39 is 0 Å². The highest BCUT2D eigenvalue weighted by atomic mass is 32.1. The fourth-order valence-electron chi connectivity index (χ4n) is 2.98. The molecule has 1 aliphatic heterocycles. The lowest BCUT2D eigenvalue weighted by atomic mass is 9.93. The second kappa shape index (κ2) is 7.65. The molecule has 0 radical (unpaired) electrons. The Balaban J connectivity index is 1.41. The zero-order chi connectivity index (χ0) is 16.1. The molecule has 0 unspecified atom stereocenters. The van der Waals surface area contributed by atoms with Crippen molar-refractivity contribution in [1.29, 1.82) is 0 Å². The first-order valence-electron chi connectivity index (χ1n) is 8.01. The van der Waals surface area contributed by atoms with Gasteiger partial charge in [0.25, 0.3) is 0 Å². The van der Waals surface area contributed by atoms with Crippen LogP contribution in [0.3, 0.4) is 0 Å². The molecule has 23 heavy (non-hydrogen) atoms. The minimum Gasteiger partial charge on any atom is -0.299 e. The van der Waals surface area contributed by atoms with Crippen molar-refractivity contribution in [2.45, 2.75) is 38.8 Å². The first kappa shape index (κ1) is 16.1. The fraction of sp³-hybridized carbons (Fsp3) is 0.600. The molecule has 7 nitrogen and oxygen atoms in total. The molecule has 1 fully saturated rings. The van der Waals surface area contributed by atoms with E-state index in [9.17, 15) is 4.79 Å². The van der Waals surface area contributed by atoms with Crippen molar-refractivity contribution in [2.75, 3.05) is 18.4 Å². The summed E-state index contributed by atoms with van der Waals surface area (Å²) in [6.07, 6.45) is 7.26. The van der Waals surface area contributed by atoms with Gasteiger partial charge in [0.1, 0.15) is 5.51 Å². The van der Waals surface area contributed by atoms with Crippen molar-refractivity contribution in [3.05, 3.63) is 24.0 Å². The van der Waals surface area contributed by atoms with E-state index in [1.165, 1.54) is 11.3 Å². The summed E-state index contributed by atoms with van der Waals surface area (Å²) >= 11 is 1.34. The maximum Gasteiger partial charge on any atom is 0.243 e. The van der Waals surface area contributed by atoms with E-state index >= 15 is 0 Å². The summed E-state index contributed by atoms with van der Waals surface area (Å²) in [6, 6.07) is 1.83. The second-order valence-electron chi connectivity index (χ2n) is 5.95. The van der Waals surface area contributed by atoms with Crippen LogP contribution in [0.4, 0.5) is 5.13 Å². The van der Waals surface area contributed by atoms with Crippen molar-refractivity contribution >= 4 is 22.4 Å². The van der Waals surface area contributed by atoms with Crippen LogP contribution in [0.5, 0.6) is 0 Å². The number of likely N-dealkylation sites (tertiary alicyclic amines) is 1. The van der Waals surface area contributed by atoms with Gasteiger partial charge in [-0.15, -0.1) is 10.2 Å². The van der Waals surface area contributed by atoms with Gasteiger partial charge in [0.05, 0.1) is 6.04 Å². The standard InChI is InChI=1S/C15H22N6OS/c1-12(14(22)18-15-19-16-11-23-15)20-8-3-13(4-9-20)5-10-21-7-2-6-17-21/h2,6-7,11-13H,3-5,8-10H2,1H3,(H,18,19,22)/t12-/m0/s1. The lowest BCUT2D eigenvalue weighted by Gasteiger charge is -2.35. The van der Waals surface area contributed by atoms with E-state index in [1.54, 1.807) is 5.51 Å². The summed E-state index contributed by atoms with van der Waals surface area (Å²) in [4.78, 5) is 14.5. The molecule has 8 heteroatoms. The van der Waals surface area contributed by atoms with Gasteiger partial charge in [0, 0.05) is 18.9 Å². The van der Waals surface area contributed by atoms with Gasteiger partial charge in [-0.3, -0.25) is 19.7 Å². The number of nitrogens with zero attached hydrogens (tertiary/aromatic N) is 5. The highest BCUT2D eigenvalue weighted by Crippen LogP contribution is 2.23. The number of hydrogen-bond donors (Lipinski definition) is 1. The molecule has 0 bridgehead atoms. The smallest absolute Gasteiger partial charge is 0.243 e. The number of nitrogens with one attached hydrogen (secondary N) is 1. The molecule has 3 rings (SSSR count). The Morgan fingerprint density at radius 1 is 1.48 bits per heavy atom. The number of hydrogen-bond acceptors (Lipinski definition) is 6. The molecule has 2 aromatic rings. The number of rotatable bonds is 6. The first-order valence-corrected chi connectivity index (χ1v) is 8.89. The molecule has 1 N–H and O–H groups in total. The molecule has 1 saturated heterocycles. The summed E-state index contributed by atoms with van der Waals surface area (Å²) in [7, 11) is 0. The molecule has 0 aliphatic carbocycles. The van der Waals surface area contributed by atoms with Gasteiger partial charge in [-0.05, 0) is 51.3 Å². The average molecular weight is 334 g/mol. The van der Waals surface area contributed by atoms with Crippen molar-refractivity contribution in [3.8, 4) is 0 Å². The van der Waals surface area contributed by atoms with Gasteiger partial charge in [-0.2, -0.15) is 5.10 Å². The van der Waals surface area contributed by atoms with Crippen molar-refractivity contribution < 1.29 is 4.79 Å². The van der Waals surface area contributed by atoms with Crippen LogP contribution in [0.25, 0.3) is 0 Å². The molecular formula is C15H22N6OS. The minimum absolute atomic E-state index is 0.00302. The van der Waals surface area contributed by atoms with E-state index in [0.717, 1.165) is 38.9 Å². The Morgan fingerprint density at radius 3 is 2.96 bits per heavy atom. The number of aromatic nitrogens is 4. The third kappa shape index (κ3) is 4.35. The molecule has 0 saturated carbocycles. The molecule has 0 aromatic carbocycles. The highest BCUT2D eigenvalue weighted by molar-refractivity contribution is 7.13. The molecule has 1 amide bonds. The monoisotopic (exact) mass is 334 g/mol. The minimum atomic E-state index is -0.133. The third-order valence-corrected chi connectivity index (χ3v) is 5.10. The van der Waals surface area contributed by atoms with Gasteiger partial charge >= 0.3 is 0 Å². The summed E-state index contributed by atoms with van der Waals surface area (Å²) in [5, 5.41) is 15.2. The van der Waals surface area contributed by atoms with Gasteiger partial charge in [0.2, 0.25) is 11.0 Å². The quantitative estimate of drug-likeness (QED) is 0.873. The number of carbonyl (C=O) groups is 1. The molecule has 1 atom stereocenters. The van der Waals surface area contributed by atoms with Crippen molar-refractivity contribution in [3.63, 3.8) is 0 Å². The van der Waals surface area contributed by atoms with Gasteiger partial charge < -0.3 is 0 Å². The van der Waals surface area contributed by atoms with Gasteiger partial charge in [0.15, 0.2) is 0 Å². The number of anilines is 1. The lowest BCUT2D eigenvalue weighted by Crippen LogP contribution is -2.46. The van der Waals surface area contributed by atoms with Crippen LogP contribution in [-0.4, -0.2) is 49.9 Å². The zero-order valence-corrected chi connectivity index (χ0v) is 14.1. The van der Waals surface area contributed by atoms with Crippen LogP contribution in [0.2, 0.25) is 0 Å². The number of carbonyl (C=O) groups excluding carboxylic acids is 1. The third-order valence-electron chi connectivity index (χ3n) is 4.49. The average Bonchev–Trinajstić information content (AvgIpc) is 3.26. The van der Waals surface area contributed by atoms with Gasteiger partial charge in [-0.25, -0.2) is 0 Å². The Bertz CT molecular complexity index is 592. The van der Waals surface area contributed by atoms with Crippen LogP contribution < -0.4 is 5.32 Å². The van der Waals surface area contributed by atoms with Crippen LogP contribution in [0.15, 0.2) is 24.0 Å². The highest BCUT2D eigenvalue weighted by Gasteiger charge is 2.26. The maximum atomic E-state index is 12.2. The predicted octanol–water partition coefficient (Wildman–Crippen LogP) is 1.86. The first-order chi connectivity index (χ1) is 11.2. The maximum absolute atomic E-state index is 12.2. The van der Waals surface area contributed by atoms with Gasteiger partial charge in [-0.1, -0.05) is 11.3 Å². The van der Waals surface area contributed by atoms with E-state index in [4.69, 9.17) is 0 Å². The Kier molecular flexibility index (Phi) is 5.35. The zero-order valence-electron chi connectivity index (χ0n) is 13.3. The van der Waals surface area contributed by atoms with E-state index in [-0.39, 0.29) is 11.9 Å². The molecule has 124 valence electrons. The number of aryl methyl sites for hydroxylation is 1. The molecule has 0 spiro atoms. The number of piperidine rings is 1. The Hall–Kier alpha value is -1.80. The second-order valence-corrected chi connectivity index (χ2v) is 6.78. The van der Waals surface area contributed by atoms with E-state index in [2.05, 4.69) is 25.5 Å². The SMILES string of the molecule is C[C@@H](C(=O)Nc1nncs1)N1CCC(CCn2cccn2)CC1. The Labute approximate surface area is 139 Å². The molecule has 3 heterocycles. The summed E-state index contributed by atoms with van der Waals surface area (Å²) in [5.74, 6) is 0.714. The molecular weight excluding hydrogens is 312 g/mol. The van der Waals surface area contributed by atoms with Crippen LogP contribution in [0.1, 0.15) is 26.2 Å². The predicted molar refractivity (Wildman–Crippen MR) is 89.1 cm³/mol. The lowest BCUT2D eigenvalue weighted by molar-refractivity contribution is -0.121.